The molecule has 0 aliphatic heterocycles. The zero-order valence-electron chi connectivity index (χ0n) is 7.42. The zero-order valence-corrected chi connectivity index (χ0v) is 7.42. The van der Waals surface area contributed by atoms with Gasteiger partial charge in [0.05, 0.1) is 6.61 Å². The van der Waals surface area contributed by atoms with Crippen LogP contribution < -0.4 is 4.74 Å². The molecule has 5 heteroatoms. The predicted molar refractivity (Wildman–Crippen MR) is 42.8 cm³/mol. The molecule has 0 amide bonds. The molecule has 1 heterocycles. The average Bonchev–Trinajstić information content (AvgIpc) is 2.04. The fourth-order valence-corrected chi connectivity index (χ4v) is 0.782. The average molecular weight is 188 g/mol. The molecule has 0 aromatic carbocycles. The van der Waals surface area contributed by atoms with E-state index in [0.29, 0.717) is 6.61 Å². The molecule has 0 unspecified atom stereocenters. The van der Waals surface area contributed by atoms with Crippen molar-refractivity contribution < 1.29 is 13.5 Å². The van der Waals surface area contributed by atoms with Gasteiger partial charge in [0.15, 0.2) is 0 Å². The summed E-state index contributed by atoms with van der Waals surface area (Å²) in [6.45, 7) is 2.90. The van der Waals surface area contributed by atoms with Gasteiger partial charge in [0.2, 0.25) is 11.7 Å². The monoisotopic (exact) mass is 188 g/mol. The molecule has 0 spiro atoms. The van der Waals surface area contributed by atoms with Crippen molar-refractivity contribution in [2.45, 2.75) is 19.8 Å². The summed E-state index contributed by atoms with van der Waals surface area (Å²) in [5, 5.41) is 0. The molecular weight excluding hydrogens is 178 g/mol. The summed E-state index contributed by atoms with van der Waals surface area (Å²) in [5.74, 6) is -3.36. The van der Waals surface area contributed by atoms with Crippen molar-refractivity contribution in [3.63, 3.8) is 0 Å². The van der Waals surface area contributed by atoms with Crippen molar-refractivity contribution in [2.75, 3.05) is 6.61 Å². The summed E-state index contributed by atoms with van der Waals surface area (Å²) in [6.07, 6.45) is 1.25. The highest BCUT2D eigenvalue weighted by Crippen LogP contribution is 2.24. The molecule has 0 radical (unpaired) electrons. The number of alkyl halides is 2. The number of hydrogen-bond acceptors (Lipinski definition) is 3. The van der Waals surface area contributed by atoms with Gasteiger partial charge in [0.25, 0.3) is 0 Å². The normalized spacial score (nSPS) is 11.4. The number of rotatable bonds is 3. The first kappa shape index (κ1) is 9.83. The SMILES string of the molecule is CCOc1ccnc(C(C)(F)F)n1. The third kappa shape index (κ3) is 2.61. The molecule has 72 valence electrons. The number of aromatic nitrogens is 2. The first-order valence-corrected chi connectivity index (χ1v) is 3.88. The molecule has 1 rings (SSSR count). The Kier molecular flexibility index (Phi) is 2.75. The molecule has 0 aliphatic rings. The molecular formula is C8H10F2N2O. The minimum Gasteiger partial charge on any atom is -0.478 e. The van der Waals surface area contributed by atoms with Gasteiger partial charge in [0.1, 0.15) is 0 Å². The van der Waals surface area contributed by atoms with Crippen LogP contribution in [0.4, 0.5) is 8.78 Å². The molecule has 0 saturated heterocycles. The first-order chi connectivity index (χ1) is 6.04. The van der Waals surface area contributed by atoms with Crippen LogP contribution in [0.15, 0.2) is 12.3 Å². The van der Waals surface area contributed by atoms with E-state index in [0.717, 1.165) is 6.92 Å². The minimum absolute atomic E-state index is 0.175. The second-order valence-electron chi connectivity index (χ2n) is 2.54. The number of halogens is 2. The molecule has 1 aromatic heterocycles. The van der Waals surface area contributed by atoms with E-state index in [9.17, 15) is 8.78 Å². The van der Waals surface area contributed by atoms with E-state index >= 15 is 0 Å². The molecule has 0 fully saturated rings. The van der Waals surface area contributed by atoms with Gasteiger partial charge in [-0.25, -0.2) is 4.98 Å². The molecule has 0 aliphatic carbocycles. The van der Waals surface area contributed by atoms with Gasteiger partial charge in [-0.05, 0) is 6.92 Å². The van der Waals surface area contributed by atoms with Crippen molar-refractivity contribution in [3.05, 3.63) is 18.1 Å². The van der Waals surface area contributed by atoms with Gasteiger partial charge >= 0.3 is 5.92 Å². The Hall–Kier alpha value is -1.26. The fraction of sp³-hybridized carbons (Fsp3) is 0.500. The maximum Gasteiger partial charge on any atom is 0.303 e. The smallest absolute Gasteiger partial charge is 0.303 e. The van der Waals surface area contributed by atoms with Crippen molar-refractivity contribution in [1.29, 1.82) is 0 Å². The maximum atomic E-state index is 12.7. The number of nitrogens with zero attached hydrogens (tertiary/aromatic N) is 2. The second kappa shape index (κ2) is 3.64. The lowest BCUT2D eigenvalue weighted by Gasteiger charge is -2.09. The van der Waals surface area contributed by atoms with Crippen molar-refractivity contribution in [2.24, 2.45) is 0 Å². The number of ether oxygens (including phenoxy) is 1. The van der Waals surface area contributed by atoms with Crippen LogP contribution in [0.25, 0.3) is 0 Å². The highest BCUT2D eigenvalue weighted by molar-refractivity contribution is 5.10. The van der Waals surface area contributed by atoms with Gasteiger partial charge in [-0.3, -0.25) is 0 Å². The highest BCUT2D eigenvalue weighted by Gasteiger charge is 2.28. The van der Waals surface area contributed by atoms with Crippen LogP contribution in [-0.4, -0.2) is 16.6 Å². The summed E-state index contributed by atoms with van der Waals surface area (Å²) >= 11 is 0. The standard InChI is InChI=1S/C8H10F2N2O/c1-3-13-6-4-5-11-7(12-6)8(2,9)10/h4-5H,3H2,1-2H3. The summed E-state index contributed by atoms with van der Waals surface area (Å²) in [6, 6.07) is 1.44. The Morgan fingerprint density at radius 2 is 2.23 bits per heavy atom. The van der Waals surface area contributed by atoms with Crippen molar-refractivity contribution in [1.82, 2.24) is 9.97 Å². The van der Waals surface area contributed by atoms with E-state index in [2.05, 4.69) is 9.97 Å². The minimum atomic E-state index is -3.02. The van der Waals surface area contributed by atoms with Gasteiger partial charge in [-0.15, -0.1) is 0 Å². The first-order valence-electron chi connectivity index (χ1n) is 3.88. The molecule has 3 nitrogen and oxygen atoms in total. The topological polar surface area (TPSA) is 35.0 Å². The van der Waals surface area contributed by atoms with Crippen LogP contribution in [0.5, 0.6) is 5.88 Å². The van der Waals surface area contributed by atoms with Gasteiger partial charge < -0.3 is 4.74 Å². The molecule has 0 N–H and O–H groups in total. The van der Waals surface area contributed by atoms with E-state index in [1.165, 1.54) is 12.3 Å². The van der Waals surface area contributed by atoms with Crippen LogP contribution in [0.2, 0.25) is 0 Å². The van der Waals surface area contributed by atoms with E-state index < -0.39 is 11.7 Å². The quantitative estimate of drug-likeness (QED) is 0.727. The van der Waals surface area contributed by atoms with Gasteiger partial charge in [0, 0.05) is 19.2 Å². The van der Waals surface area contributed by atoms with Crippen LogP contribution in [0.1, 0.15) is 19.7 Å². The number of hydrogen-bond donors (Lipinski definition) is 0. The fourth-order valence-electron chi connectivity index (χ4n) is 0.782. The second-order valence-corrected chi connectivity index (χ2v) is 2.54. The van der Waals surface area contributed by atoms with Crippen LogP contribution >= 0.6 is 0 Å². The van der Waals surface area contributed by atoms with E-state index in [-0.39, 0.29) is 5.88 Å². The van der Waals surface area contributed by atoms with E-state index in [1.807, 2.05) is 0 Å². The lowest BCUT2D eigenvalue weighted by atomic mass is 10.3. The van der Waals surface area contributed by atoms with Crippen molar-refractivity contribution in [3.8, 4) is 5.88 Å². The third-order valence-electron chi connectivity index (χ3n) is 1.31. The molecule has 1 aromatic rings. The van der Waals surface area contributed by atoms with Crippen LogP contribution in [0, 0.1) is 0 Å². The Morgan fingerprint density at radius 3 is 2.77 bits per heavy atom. The summed E-state index contributed by atoms with van der Waals surface area (Å²) in [7, 11) is 0. The van der Waals surface area contributed by atoms with E-state index in [1.54, 1.807) is 6.92 Å². The summed E-state index contributed by atoms with van der Waals surface area (Å²) in [4.78, 5) is 7.00. The van der Waals surface area contributed by atoms with Gasteiger partial charge in [-0.1, -0.05) is 0 Å². The molecule has 0 saturated carbocycles. The summed E-state index contributed by atoms with van der Waals surface area (Å²) in [5.41, 5.74) is 0. The van der Waals surface area contributed by atoms with E-state index in [4.69, 9.17) is 4.74 Å². The van der Waals surface area contributed by atoms with Crippen molar-refractivity contribution >= 4 is 0 Å². The lowest BCUT2D eigenvalue weighted by Crippen LogP contribution is -2.12. The molecule has 0 bridgehead atoms. The summed E-state index contributed by atoms with van der Waals surface area (Å²) < 4.78 is 30.3. The third-order valence-corrected chi connectivity index (χ3v) is 1.31. The Bertz CT molecular complexity index is 286. The Labute approximate surface area is 74.8 Å². The molecule has 0 atom stereocenters. The Balaban J connectivity index is 2.92. The zero-order chi connectivity index (χ0) is 9.90. The maximum absolute atomic E-state index is 12.7. The van der Waals surface area contributed by atoms with Crippen LogP contribution in [-0.2, 0) is 5.92 Å². The highest BCUT2D eigenvalue weighted by atomic mass is 19.3. The molecule has 13 heavy (non-hydrogen) atoms. The Morgan fingerprint density at radius 1 is 1.54 bits per heavy atom. The lowest BCUT2D eigenvalue weighted by molar-refractivity contribution is 0.00697. The van der Waals surface area contributed by atoms with Crippen LogP contribution in [0.3, 0.4) is 0 Å². The largest absolute Gasteiger partial charge is 0.478 e. The van der Waals surface area contributed by atoms with Gasteiger partial charge in [-0.2, -0.15) is 13.8 Å². The predicted octanol–water partition coefficient (Wildman–Crippen LogP) is 1.99.